The number of alkyl halides is 6. The summed E-state index contributed by atoms with van der Waals surface area (Å²) in [5.41, 5.74) is 0. The van der Waals surface area contributed by atoms with Gasteiger partial charge in [0, 0.05) is 0 Å². The van der Waals surface area contributed by atoms with Crippen LogP contribution in [0.15, 0.2) is 0 Å². The molecule has 1 fully saturated rings. The van der Waals surface area contributed by atoms with E-state index in [1.165, 1.54) is 0 Å². The maximum atomic E-state index is 10.6. The highest BCUT2D eigenvalue weighted by atomic mass is 19.4. The Bertz CT molecular complexity index is 358. The van der Waals surface area contributed by atoms with Crippen molar-refractivity contribution in [2.24, 2.45) is 5.92 Å². The Morgan fingerprint density at radius 3 is 1.05 bits per heavy atom. The van der Waals surface area contributed by atoms with Gasteiger partial charge in [0.2, 0.25) is 0 Å². The smallest absolute Gasteiger partial charge is 0.481 e. The summed E-state index contributed by atoms with van der Waals surface area (Å²) in [5.74, 6) is -6.14. The molecule has 0 aromatic heterocycles. The molecule has 0 saturated heterocycles. The number of rotatable bonds is 1. The molecule has 1 saturated carbocycles. The van der Waals surface area contributed by atoms with Crippen molar-refractivity contribution in [1.82, 2.24) is 0 Å². The second-order valence-electron chi connectivity index (χ2n) is 3.93. The molecular weight excluding hydrogens is 330 g/mol. The molecule has 0 heterocycles. The van der Waals surface area contributed by atoms with E-state index in [0.717, 1.165) is 25.7 Å². The fraction of sp³-hybridized carbons (Fsp3) is 0.700. The summed E-state index contributed by atoms with van der Waals surface area (Å²) in [5, 5.41) is 22.7. The number of carbonyl (C=O) groups is 3. The summed E-state index contributed by atoms with van der Waals surface area (Å²) in [7, 11) is 0. The van der Waals surface area contributed by atoms with Gasteiger partial charge in [-0.3, -0.25) is 4.79 Å². The van der Waals surface area contributed by atoms with Crippen molar-refractivity contribution in [3.8, 4) is 0 Å². The Morgan fingerprint density at radius 1 is 0.727 bits per heavy atom. The molecule has 0 amide bonds. The first-order chi connectivity index (χ1) is 9.69. The fourth-order valence-electron chi connectivity index (χ4n) is 1.17. The SMILES string of the molecule is O=C(O)C(F)(F)F.O=C(O)C(F)(F)F.O=C(O)C1CCCC1. The van der Waals surface area contributed by atoms with Gasteiger partial charge in [-0.2, -0.15) is 26.3 Å². The predicted octanol–water partition coefficient (Wildman–Crippen LogP) is 2.53. The summed E-state index contributed by atoms with van der Waals surface area (Å²) in [6, 6.07) is 0. The second kappa shape index (κ2) is 9.10. The van der Waals surface area contributed by atoms with Crippen LogP contribution in [0.4, 0.5) is 26.3 Å². The molecule has 0 aromatic carbocycles. The Hall–Kier alpha value is -2.01. The summed E-state index contributed by atoms with van der Waals surface area (Å²) in [4.78, 5) is 28.0. The van der Waals surface area contributed by atoms with Crippen molar-refractivity contribution >= 4 is 17.9 Å². The van der Waals surface area contributed by atoms with Crippen LogP contribution in [-0.2, 0) is 14.4 Å². The van der Waals surface area contributed by atoms with Gasteiger partial charge in [-0.1, -0.05) is 12.8 Å². The molecule has 130 valence electrons. The summed E-state index contributed by atoms with van der Waals surface area (Å²) in [6.45, 7) is 0. The van der Waals surface area contributed by atoms with E-state index in [2.05, 4.69) is 0 Å². The van der Waals surface area contributed by atoms with Crippen molar-refractivity contribution in [1.29, 1.82) is 0 Å². The minimum absolute atomic E-state index is 0.0185. The maximum absolute atomic E-state index is 10.6. The lowest BCUT2D eigenvalue weighted by atomic mass is 10.1. The van der Waals surface area contributed by atoms with Gasteiger partial charge in [-0.25, -0.2) is 9.59 Å². The minimum atomic E-state index is -5.08. The van der Waals surface area contributed by atoms with Crippen molar-refractivity contribution in [3.63, 3.8) is 0 Å². The van der Waals surface area contributed by atoms with Gasteiger partial charge in [0.25, 0.3) is 0 Å². The normalized spacial score (nSPS) is 15.0. The number of carboxylic acid groups (broad SMARTS) is 3. The molecule has 12 heteroatoms. The fourth-order valence-corrected chi connectivity index (χ4v) is 1.17. The highest BCUT2D eigenvalue weighted by Crippen LogP contribution is 2.24. The Balaban J connectivity index is 0. The van der Waals surface area contributed by atoms with Crippen molar-refractivity contribution in [2.75, 3.05) is 0 Å². The van der Waals surface area contributed by atoms with Gasteiger partial charge < -0.3 is 15.3 Å². The molecule has 0 bridgehead atoms. The molecule has 3 N–H and O–H groups in total. The first kappa shape index (κ1) is 22.3. The van der Waals surface area contributed by atoms with E-state index >= 15 is 0 Å². The third kappa shape index (κ3) is 11.8. The first-order valence-corrected chi connectivity index (χ1v) is 5.52. The van der Waals surface area contributed by atoms with Crippen LogP contribution in [0.25, 0.3) is 0 Å². The van der Waals surface area contributed by atoms with Crippen LogP contribution in [0, 0.1) is 5.92 Å². The van der Waals surface area contributed by atoms with E-state index < -0.39 is 30.3 Å². The first-order valence-electron chi connectivity index (χ1n) is 5.52. The molecule has 0 unspecified atom stereocenters. The van der Waals surface area contributed by atoms with Gasteiger partial charge in [0.05, 0.1) is 5.92 Å². The zero-order valence-corrected chi connectivity index (χ0v) is 10.7. The third-order valence-corrected chi connectivity index (χ3v) is 2.19. The van der Waals surface area contributed by atoms with Gasteiger partial charge in [-0.05, 0) is 12.8 Å². The molecule has 0 spiro atoms. The van der Waals surface area contributed by atoms with Gasteiger partial charge >= 0.3 is 30.3 Å². The molecular formula is C10H12F6O6. The minimum Gasteiger partial charge on any atom is -0.481 e. The van der Waals surface area contributed by atoms with Gasteiger partial charge in [0.15, 0.2) is 0 Å². The molecule has 1 aliphatic rings. The highest BCUT2D eigenvalue weighted by molar-refractivity contribution is 5.73. The molecule has 0 aliphatic heterocycles. The van der Waals surface area contributed by atoms with Crippen molar-refractivity contribution < 1.29 is 56.0 Å². The zero-order chi connectivity index (χ0) is 18.1. The van der Waals surface area contributed by atoms with Gasteiger partial charge in [0.1, 0.15) is 0 Å². The maximum Gasteiger partial charge on any atom is 0.490 e. The Labute approximate surface area is 119 Å². The highest BCUT2D eigenvalue weighted by Gasteiger charge is 2.38. The number of carboxylic acids is 3. The van der Waals surface area contributed by atoms with Crippen LogP contribution < -0.4 is 0 Å². The molecule has 1 aliphatic carbocycles. The summed E-state index contributed by atoms with van der Waals surface area (Å²) >= 11 is 0. The van der Waals surface area contributed by atoms with E-state index in [-0.39, 0.29) is 5.92 Å². The second-order valence-corrected chi connectivity index (χ2v) is 3.93. The lowest BCUT2D eigenvalue weighted by Gasteiger charge is -1.97. The standard InChI is InChI=1S/C6H10O2.2C2HF3O2/c7-6(8)5-3-1-2-4-5;2*3-2(4,5)1(6)7/h5H,1-4H2,(H,7,8);2*(H,6,7). The Kier molecular flexibility index (Phi) is 9.21. The van der Waals surface area contributed by atoms with Gasteiger partial charge in [-0.15, -0.1) is 0 Å². The van der Waals surface area contributed by atoms with E-state index in [1.807, 2.05) is 0 Å². The monoisotopic (exact) mass is 342 g/mol. The van der Waals surface area contributed by atoms with E-state index in [4.69, 9.17) is 24.9 Å². The Morgan fingerprint density at radius 2 is 0.955 bits per heavy atom. The number of halogens is 6. The average molecular weight is 342 g/mol. The molecule has 6 nitrogen and oxygen atoms in total. The third-order valence-electron chi connectivity index (χ3n) is 2.19. The molecule has 1 rings (SSSR count). The molecule has 22 heavy (non-hydrogen) atoms. The van der Waals surface area contributed by atoms with E-state index in [1.54, 1.807) is 0 Å². The largest absolute Gasteiger partial charge is 0.490 e. The molecule has 0 radical (unpaired) electrons. The van der Waals surface area contributed by atoms with Crippen molar-refractivity contribution in [3.05, 3.63) is 0 Å². The lowest BCUT2D eigenvalue weighted by molar-refractivity contribution is -0.193. The molecule has 0 aromatic rings. The van der Waals surface area contributed by atoms with Crippen LogP contribution >= 0.6 is 0 Å². The number of hydrogen-bond acceptors (Lipinski definition) is 3. The van der Waals surface area contributed by atoms with Crippen LogP contribution in [0.3, 0.4) is 0 Å². The van der Waals surface area contributed by atoms with Crippen LogP contribution in [0.1, 0.15) is 25.7 Å². The molecule has 0 atom stereocenters. The zero-order valence-electron chi connectivity index (χ0n) is 10.7. The van der Waals surface area contributed by atoms with E-state index in [0.29, 0.717) is 0 Å². The summed E-state index contributed by atoms with van der Waals surface area (Å²) in [6.07, 6.45) is -6.15. The van der Waals surface area contributed by atoms with E-state index in [9.17, 15) is 31.1 Å². The van der Waals surface area contributed by atoms with Crippen molar-refractivity contribution in [2.45, 2.75) is 38.0 Å². The predicted molar refractivity (Wildman–Crippen MR) is 57.0 cm³/mol. The lowest BCUT2D eigenvalue weighted by Crippen LogP contribution is -2.21. The number of hydrogen-bond donors (Lipinski definition) is 3. The average Bonchev–Trinajstić information content (AvgIpc) is 2.81. The van der Waals surface area contributed by atoms with Crippen LogP contribution in [0.2, 0.25) is 0 Å². The summed E-state index contributed by atoms with van der Waals surface area (Å²) < 4.78 is 63.5. The quantitative estimate of drug-likeness (QED) is 0.631. The van der Waals surface area contributed by atoms with Crippen LogP contribution in [-0.4, -0.2) is 45.6 Å². The topological polar surface area (TPSA) is 112 Å². The number of aliphatic carboxylic acids is 3. The van der Waals surface area contributed by atoms with Crippen LogP contribution in [0.5, 0.6) is 0 Å².